The van der Waals surface area contributed by atoms with E-state index in [1.165, 1.54) is 0 Å². The summed E-state index contributed by atoms with van der Waals surface area (Å²) in [5.41, 5.74) is 4.24. The number of aromatic nitrogens is 5. The van der Waals surface area contributed by atoms with Crippen LogP contribution in [-0.2, 0) is 11.3 Å². The Balaban J connectivity index is 1.20. The van der Waals surface area contributed by atoms with Gasteiger partial charge in [0, 0.05) is 36.7 Å². The molecule has 4 heterocycles. The first-order chi connectivity index (χ1) is 17.2. The van der Waals surface area contributed by atoms with E-state index in [1.807, 2.05) is 41.3 Å². The molecular formula is C24H22FN9O. The summed E-state index contributed by atoms with van der Waals surface area (Å²) in [6, 6.07) is 11.7. The molecule has 1 aromatic carbocycles. The zero-order chi connectivity index (χ0) is 23.9. The Morgan fingerprint density at radius 2 is 1.89 bits per heavy atom. The van der Waals surface area contributed by atoms with Crippen LogP contribution in [0.3, 0.4) is 0 Å². The number of hydrogen-bond donors (Lipinski definition) is 1. The third-order valence-electron chi connectivity index (χ3n) is 5.25. The standard InChI is InChI=1S/C24H22FN9O/c25-21-15-29-24(32-23(21)34-8-10-35-11-9-34)33-30-14-19-4-5-20(13-28-19)31-18-3-1-2-17(12-18)22-16-26-6-7-27-22/h1-7,12-13,15-16,31H,8-11,14H2. The minimum absolute atomic E-state index is 0.106. The van der Waals surface area contributed by atoms with E-state index < -0.39 is 5.82 Å². The molecule has 1 saturated heterocycles. The van der Waals surface area contributed by atoms with Crippen molar-refractivity contribution in [3.8, 4) is 11.3 Å². The third kappa shape index (κ3) is 5.76. The zero-order valence-electron chi connectivity index (χ0n) is 18.8. The van der Waals surface area contributed by atoms with Gasteiger partial charge in [-0.2, -0.15) is 10.1 Å². The van der Waals surface area contributed by atoms with Crippen molar-refractivity contribution in [3.63, 3.8) is 0 Å². The molecule has 10 nitrogen and oxygen atoms in total. The van der Waals surface area contributed by atoms with E-state index in [0.29, 0.717) is 26.3 Å². The second-order valence-corrected chi connectivity index (χ2v) is 7.68. The van der Waals surface area contributed by atoms with Crippen LogP contribution in [0.2, 0.25) is 0 Å². The molecule has 35 heavy (non-hydrogen) atoms. The van der Waals surface area contributed by atoms with Gasteiger partial charge in [0.25, 0.3) is 5.95 Å². The van der Waals surface area contributed by atoms with Gasteiger partial charge >= 0.3 is 0 Å². The van der Waals surface area contributed by atoms with Crippen molar-refractivity contribution >= 4 is 23.1 Å². The summed E-state index contributed by atoms with van der Waals surface area (Å²) in [6.07, 6.45) is 7.88. The smallest absolute Gasteiger partial charge is 0.270 e. The van der Waals surface area contributed by atoms with Crippen LogP contribution in [0.1, 0.15) is 5.69 Å². The van der Waals surface area contributed by atoms with Gasteiger partial charge in [-0.05, 0) is 24.3 Å². The molecule has 1 aliphatic rings. The molecule has 0 aliphatic carbocycles. The third-order valence-corrected chi connectivity index (χ3v) is 5.25. The molecule has 1 N–H and O–H groups in total. The van der Waals surface area contributed by atoms with E-state index in [0.717, 1.165) is 34.5 Å². The highest BCUT2D eigenvalue weighted by Gasteiger charge is 2.17. The SMILES string of the molecule is Fc1cnc(N=NCc2ccc(Nc3cccc(-c4cnccn4)c3)cn2)nc1N1CCOCC1. The average molecular weight is 472 g/mol. The maximum atomic E-state index is 14.1. The molecule has 0 unspecified atom stereocenters. The predicted molar refractivity (Wildman–Crippen MR) is 128 cm³/mol. The first-order valence-electron chi connectivity index (χ1n) is 11.1. The van der Waals surface area contributed by atoms with Crippen LogP contribution < -0.4 is 10.2 Å². The number of pyridine rings is 1. The summed E-state index contributed by atoms with van der Waals surface area (Å²) in [5.74, 6) is -0.166. The summed E-state index contributed by atoms with van der Waals surface area (Å²) < 4.78 is 19.4. The number of morpholine rings is 1. The number of nitrogens with zero attached hydrogens (tertiary/aromatic N) is 8. The van der Waals surface area contributed by atoms with Crippen molar-refractivity contribution in [2.45, 2.75) is 6.54 Å². The summed E-state index contributed by atoms with van der Waals surface area (Å²) in [6.45, 7) is 2.45. The molecule has 0 radical (unpaired) electrons. The normalized spacial score (nSPS) is 13.8. The van der Waals surface area contributed by atoms with Gasteiger partial charge < -0.3 is 15.0 Å². The maximum absolute atomic E-state index is 14.1. The quantitative estimate of drug-likeness (QED) is 0.396. The Morgan fingerprint density at radius 1 is 0.971 bits per heavy atom. The minimum Gasteiger partial charge on any atom is -0.378 e. The number of nitrogens with one attached hydrogen (secondary N) is 1. The van der Waals surface area contributed by atoms with E-state index in [2.05, 4.69) is 40.5 Å². The Bertz CT molecular complexity index is 1300. The molecule has 0 spiro atoms. The second kappa shape index (κ2) is 10.7. The number of rotatable bonds is 7. The second-order valence-electron chi connectivity index (χ2n) is 7.68. The van der Waals surface area contributed by atoms with E-state index in [9.17, 15) is 4.39 Å². The first kappa shape index (κ1) is 22.4. The fourth-order valence-corrected chi connectivity index (χ4v) is 3.53. The lowest BCUT2D eigenvalue weighted by atomic mass is 10.1. The Kier molecular flexibility index (Phi) is 6.85. The highest BCUT2D eigenvalue weighted by Crippen LogP contribution is 2.23. The van der Waals surface area contributed by atoms with Crippen LogP contribution in [0.25, 0.3) is 11.3 Å². The van der Waals surface area contributed by atoms with Gasteiger partial charge in [0.05, 0.1) is 48.9 Å². The van der Waals surface area contributed by atoms with Gasteiger partial charge in [-0.15, -0.1) is 5.11 Å². The Labute approximate surface area is 201 Å². The Hall–Kier alpha value is -4.38. The van der Waals surface area contributed by atoms with Gasteiger partial charge in [-0.1, -0.05) is 12.1 Å². The van der Waals surface area contributed by atoms with E-state index in [-0.39, 0.29) is 18.3 Å². The van der Waals surface area contributed by atoms with E-state index in [1.54, 1.807) is 24.8 Å². The maximum Gasteiger partial charge on any atom is 0.270 e. The largest absolute Gasteiger partial charge is 0.378 e. The van der Waals surface area contributed by atoms with Gasteiger partial charge in [-0.3, -0.25) is 15.0 Å². The zero-order valence-corrected chi connectivity index (χ0v) is 18.8. The van der Waals surface area contributed by atoms with Gasteiger partial charge in [0.15, 0.2) is 11.6 Å². The van der Waals surface area contributed by atoms with Gasteiger partial charge in [0.1, 0.15) is 6.54 Å². The first-order valence-corrected chi connectivity index (χ1v) is 11.1. The van der Waals surface area contributed by atoms with Gasteiger partial charge in [-0.25, -0.2) is 9.37 Å². The van der Waals surface area contributed by atoms with E-state index >= 15 is 0 Å². The molecule has 5 rings (SSSR count). The fourth-order valence-electron chi connectivity index (χ4n) is 3.53. The molecule has 3 aromatic heterocycles. The highest BCUT2D eigenvalue weighted by molar-refractivity contribution is 5.68. The summed E-state index contributed by atoms with van der Waals surface area (Å²) in [5, 5.41) is 11.5. The number of anilines is 3. The van der Waals surface area contributed by atoms with Gasteiger partial charge in [0.2, 0.25) is 0 Å². The van der Waals surface area contributed by atoms with Crippen LogP contribution in [0.5, 0.6) is 0 Å². The van der Waals surface area contributed by atoms with Crippen LogP contribution in [0.4, 0.5) is 27.5 Å². The molecule has 0 amide bonds. The number of azo groups is 1. The van der Waals surface area contributed by atoms with Crippen molar-refractivity contribution in [3.05, 3.63) is 78.9 Å². The number of ether oxygens (including phenoxy) is 1. The topological polar surface area (TPSA) is 114 Å². The number of hydrogen-bond acceptors (Lipinski definition) is 10. The summed E-state index contributed by atoms with van der Waals surface area (Å²) >= 11 is 0. The summed E-state index contributed by atoms with van der Waals surface area (Å²) in [7, 11) is 0. The molecule has 4 aromatic rings. The lowest BCUT2D eigenvalue weighted by molar-refractivity contribution is 0.122. The molecule has 0 saturated carbocycles. The Morgan fingerprint density at radius 3 is 2.69 bits per heavy atom. The monoisotopic (exact) mass is 471 g/mol. The van der Waals surface area contributed by atoms with Crippen molar-refractivity contribution in [2.75, 3.05) is 36.5 Å². The molecule has 176 valence electrons. The number of halogens is 1. The molecule has 0 atom stereocenters. The summed E-state index contributed by atoms with van der Waals surface area (Å²) in [4.78, 5) is 22.8. The predicted octanol–water partition coefficient (Wildman–Crippen LogP) is 4.33. The average Bonchev–Trinajstić information content (AvgIpc) is 2.92. The highest BCUT2D eigenvalue weighted by atomic mass is 19.1. The molecule has 0 bridgehead atoms. The van der Waals surface area contributed by atoms with Crippen molar-refractivity contribution in [2.24, 2.45) is 10.2 Å². The van der Waals surface area contributed by atoms with Crippen LogP contribution in [0.15, 0.2) is 77.6 Å². The minimum atomic E-state index is -0.488. The molecule has 1 fully saturated rings. The van der Waals surface area contributed by atoms with Crippen LogP contribution >= 0.6 is 0 Å². The van der Waals surface area contributed by atoms with Crippen LogP contribution in [-0.4, -0.2) is 51.2 Å². The van der Waals surface area contributed by atoms with Crippen molar-refractivity contribution in [1.82, 2.24) is 24.9 Å². The lowest BCUT2D eigenvalue weighted by Gasteiger charge is -2.27. The van der Waals surface area contributed by atoms with Crippen LogP contribution in [0, 0.1) is 5.82 Å². The molecule has 11 heteroatoms. The van der Waals surface area contributed by atoms with Crippen molar-refractivity contribution < 1.29 is 9.13 Å². The lowest BCUT2D eigenvalue weighted by Crippen LogP contribution is -2.37. The van der Waals surface area contributed by atoms with Crippen molar-refractivity contribution in [1.29, 1.82) is 0 Å². The number of benzene rings is 1. The molecule has 1 aliphatic heterocycles. The molecular weight excluding hydrogens is 449 g/mol. The van der Waals surface area contributed by atoms with E-state index in [4.69, 9.17) is 4.74 Å². The fraction of sp³-hybridized carbons (Fsp3) is 0.208.